The second kappa shape index (κ2) is 8.95. The molecule has 0 N–H and O–H groups in total. The van der Waals surface area contributed by atoms with E-state index >= 15 is 0 Å². The number of hydrogen-bond acceptors (Lipinski definition) is 0. The first-order valence-corrected chi connectivity index (χ1v) is 14.5. The minimum atomic E-state index is 1.14. The zero-order chi connectivity index (χ0) is 27.6. The van der Waals surface area contributed by atoms with Crippen molar-refractivity contribution in [1.29, 1.82) is 0 Å². The molecule has 0 aliphatic carbocycles. The van der Waals surface area contributed by atoms with E-state index in [4.69, 9.17) is 0 Å². The Labute approximate surface area is 242 Å². The SMILES string of the molecule is c1ccc(-n2c3cccc4c5ccccc5c(cc43)n(-c3ccccc3)c3cccc4c5ccccc5c2cc43)cc1. The molecule has 0 amide bonds. The highest BCUT2D eigenvalue weighted by atomic mass is 15.0. The van der Waals surface area contributed by atoms with E-state index in [1.807, 2.05) is 0 Å². The Hall–Kier alpha value is -5.60. The maximum absolute atomic E-state index is 2.46. The lowest BCUT2D eigenvalue weighted by Gasteiger charge is -2.21. The predicted octanol–water partition coefficient (Wildman–Crippen LogP) is 10.7. The van der Waals surface area contributed by atoms with Gasteiger partial charge in [0, 0.05) is 32.9 Å². The molecular weight excluding hydrogens is 508 g/mol. The normalized spacial score (nSPS) is 11.8. The molecule has 0 spiro atoms. The molecule has 2 nitrogen and oxygen atoms in total. The van der Waals surface area contributed by atoms with Crippen molar-refractivity contribution in [3.05, 3.63) is 158 Å². The predicted molar refractivity (Wildman–Crippen MR) is 179 cm³/mol. The van der Waals surface area contributed by atoms with Crippen molar-refractivity contribution in [3.8, 4) is 11.4 Å². The van der Waals surface area contributed by atoms with Gasteiger partial charge in [-0.3, -0.25) is 0 Å². The Balaban J connectivity index is 1.72. The van der Waals surface area contributed by atoms with Crippen molar-refractivity contribution < 1.29 is 0 Å². The highest BCUT2D eigenvalue weighted by molar-refractivity contribution is 6.22. The van der Waals surface area contributed by atoms with Crippen molar-refractivity contribution in [2.45, 2.75) is 0 Å². The summed E-state index contributed by atoms with van der Waals surface area (Å²) in [4.78, 5) is 0. The molecule has 0 aliphatic heterocycles. The van der Waals surface area contributed by atoms with Gasteiger partial charge in [0.1, 0.15) is 0 Å². The minimum Gasteiger partial charge on any atom is -0.309 e. The van der Waals surface area contributed by atoms with Gasteiger partial charge < -0.3 is 9.13 Å². The topological polar surface area (TPSA) is 9.86 Å². The van der Waals surface area contributed by atoms with Gasteiger partial charge in [0.15, 0.2) is 0 Å². The zero-order valence-electron chi connectivity index (χ0n) is 22.9. The van der Waals surface area contributed by atoms with Crippen LogP contribution in [0.25, 0.3) is 76.5 Å². The molecule has 0 radical (unpaired) electrons. The molecule has 1 heterocycles. The second-order valence-electron chi connectivity index (χ2n) is 11.0. The highest BCUT2D eigenvalue weighted by Gasteiger charge is 2.16. The van der Waals surface area contributed by atoms with Crippen molar-refractivity contribution in [1.82, 2.24) is 9.13 Å². The summed E-state index contributed by atoms with van der Waals surface area (Å²) < 4.78 is 4.91. The van der Waals surface area contributed by atoms with Crippen LogP contribution in [-0.2, 0) is 0 Å². The van der Waals surface area contributed by atoms with E-state index in [1.54, 1.807) is 0 Å². The summed E-state index contributed by atoms with van der Waals surface area (Å²) in [5, 5.41) is 9.91. The lowest BCUT2D eigenvalue weighted by molar-refractivity contribution is 1.16. The molecule has 0 saturated heterocycles. The van der Waals surface area contributed by atoms with Crippen LogP contribution in [0.1, 0.15) is 0 Å². The number of nitrogens with zero attached hydrogens (tertiary/aromatic N) is 2. The van der Waals surface area contributed by atoms with Crippen LogP contribution in [0.2, 0.25) is 0 Å². The maximum atomic E-state index is 2.46. The third kappa shape index (κ3) is 3.27. The fraction of sp³-hybridized carbons (Fsp3) is 0. The van der Waals surface area contributed by atoms with E-state index in [0.29, 0.717) is 0 Å². The molecular formula is C40H26N2. The molecule has 0 unspecified atom stereocenters. The van der Waals surface area contributed by atoms with Gasteiger partial charge in [-0.15, -0.1) is 0 Å². The molecule has 42 heavy (non-hydrogen) atoms. The van der Waals surface area contributed by atoms with Gasteiger partial charge in [-0.25, -0.2) is 0 Å². The van der Waals surface area contributed by atoms with Crippen molar-refractivity contribution in [2.75, 3.05) is 0 Å². The summed E-state index contributed by atoms with van der Waals surface area (Å²) in [5.41, 5.74) is 6.97. The monoisotopic (exact) mass is 534 g/mol. The quantitative estimate of drug-likeness (QED) is 0.195. The average molecular weight is 535 g/mol. The first kappa shape index (κ1) is 23.1. The Bertz CT molecular complexity index is 2320. The molecule has 0 saturated carbocycles. The molecule has 2 heteroatoms. The van der Waals surface area contributed by atoms with Gasteiger partial charge in [0.05, 0.1) is 22.1 Å². The molecule has 0 fully saturated rings. The molecule has 8 bridgehead atoms. The molecule has 8 aromatic carbocycles. The van der Waals surface area contributed by atoms with Gasteiger partial charge in [0.2, 0.25) is 0 Å². The van der Waals surface area contributed by atoms with E-state index in [2.05, 4.69) is 167 Å². The molecule has 1 aromatic heterocycles. The fourth-order valence-electron chi connectivity index (χ4n) is 6.92. The zero-order valence-corrected chi connectivity index (χ0v) is 22.9. The molecule has 9 aromatic rings. The number of rotatable bonds is 2. The summed E-state index contributed by atoms with van der Waals surface area (Å²) in [6.07, 6.45) is 0. The Morgan fingerprint density at radius 2 is 0.571 bits per heavy atom. The number of aromatic nitrogens is 2. The fourth-order valence-corrected chi connectivity index (χ4v) is 6.92. The summed E-state index contributed by atoms with van der Waals surface area (Å²) >= 11 is 0. The first-order valence-electron chi connectivity index (χ1n) is 14.5. The van der Waals surface area contributed by atoms with Crippen LogP contribution < -0.4 is 0 Å². The highest BCUT2D eigenvalue weighted by Crippen LogP contribution is 2.39. The lowest BCUT2D eigenvalue weighted by Crippen LogP contribution is -2.02. The number of benzene rings is 8. The van der Waals surface area contributed by atoms with Crippen LogP contribution in [0.4, 0.5) is 0 Å². The Morgan fingerprint density at radius 3 is 1.00 bits per heavy atom. The van der Waals surface area contributed by atoms with Crippen LogP contribution in [0.3, 0.4) is 0 Å². The van der Waals surface area contributed by atoms with E-state index < -0.39 is 0 Å². The summed E-state index contributed by atoms with van der Waals surface area (Å²) in [6.45, 7) is 0. The molecule has 196 valence electrons. The third-order valence-corrected chi connectivity index (χ3v) is 8.71. The van der Waals surface area contributed by atoms with E-state index in [9.17, 15) is 0 Å². The van der Waals surface area contributed by atoms with Gasteiger partial charge in [0.25, 0.3) is 0 Å². The first-order chi connectivity index (χ1) is 20.9. The summed E-state index contributed by atoms with van der Waals surface area (Å²) in [7, 11) is 0. The Kier molecular flexibility index (Phi) is 4.93. The van der Waals surface area contributed by atoms with E-state index in [1.165, 1.54) is 65.2 Å². The van der Waals surface area contributed by atoms with Gasteiger partial charge in [-0.2, -0.15) is 0 Å². The number of hydrogen-bond donors (Lipinski definition) is 0. The lowest BCUT2D eigenvalue weighted by atomic mass is 9.97. The standard InChI is InChI=1S/C40H26N2/c1-3-13-27(14-4-1)41-37-23-11-21-31-30-18-8-10-20-34(30)40(26-35(31)37)42(28-15-5-2-6-16-28)38-24-12-22-32-29-17-7-9-19-33(29)39(41)25-36(32)38/h1-26H. The van der Waals surface area contributed by atoms with Gasteiger partial charge >= 0.3 is 0 Å². The minimum absolute atomic E-state index is 1.14. The van der Waals surface area contributed by atoms with Crippen molar-refractivity contribution in [2.24, 2.45) is 0 Å². The average Bonchev–Trinajstić information content (AvgIpc) is 3.06. The van der Waals surface area contributed by atoms with Crippen LogP contribution in [-0.4, -0.2) is 9.13 Å². The second-order valence-corrected chi connectivity index (χ2v) is 11.0. The third-order valence-electron chi connectivity index (χ3n) is 8.71. The van der Waals surface area contributed by atoms with Crippen LogP contribution in [0.5, 0.6) is 0 Å². The molecule has 0 atom stereocenters. The van der Waals surface area contributed by atoms with Gasteiger partial charge in [-0.05, 0) is 70.1 Å². The largest absolute Gasteiger partial charge is 0.309 e. The molecule has 9 rings (SSSR count). The van der Waals surface area contributed by atoms with E-state index in [-0.39, 0.29) is 0 Å². The Morgan fingerprint density at radius 1 is 0.238 bits per heavy atom. The van der Waals surface area contributed by atoms with Crippen LogP contribution in [0, 0.1) is 0 Å². The van der Waals surface area contributed by atoms with Crippen LogP contribution >= 0.6 is 0 Å². The smallest absolute Gasteiger partial charge is 0.0547 e. The molecule has 0 aliphatic rings. The van der Waals surface area contributed by atoms with Gasteiger partial charge in [-0.1, -0.05) is 109 Å². The summed E-state index contributed by atoms with van der Waals surface area (Å²) in [5.74, 6) is 0. The van der Waals surface area contributed by atoms with Crippen molar-refractivity contribution >= 4 is 65.2 Å². The van der Waals surface area contributed by atoms with Crippen LogP contribution in [0.15, 0.2) is 158 Å². The maximum Gasteiger partial charge on any atom is 0.0547 e. The number of para-hydroxylation sites is 2. The summed E-state index contributed by atoms with van der Waals surface area (Å²) in [6, 6.07) is 57.5. The van der Waals surface area contributed by atoms with Crippen molar-refractivity contribution in [3.63, 3.8) is 0 Å². The van der Waals surface area contributed by atoms with E-state index in [0.717, 1.165) is 11.4 Å².